The first kappa shape index (κ1) is 32.4. The van der Waals surface area contributed by atoms with Gasteiger partial charge in [-0.2, -0.15) is 0 Å². The highest BCUT2D eigenvalue weighted by molar-refractivity contribution is 6.29. The van der Waals surface area contributed by atoms with Crippen LogP contribution < -0.4 is 0 Å². The van der Waals surface area contributed by atoms with Crippen molar-refractivity contribution >= 4 is 43.5 Å². The van der Waals surface area contributed by atoms with Gasteiger partial charge in [-0.1, -0.05) is 143 Å². The van der Waals surface area contributed by atoms with E-state index in [4.69, 9.17) is 0 Å². The molecule has 0 saturated carbocycles. The summed E-state index contributed by atoms with van der Waals surface area (Å²) in [5, 5.41) is 7.93. The molecule has 0 N–H and O–H groups in total. The van der Waals surface area contributed by atoms with Crippen LogP contribution in [-0.4, -0.2) is 0 Å². The van der Waals surface area contributed by atoms with Gasteiger partial charge in [0.15, 0.2) is 0 Å². The number of hydrogen-bond donors (Lipinski definition) is 0. The van der Waals surface area contributed by atoms with Crippen molar-refractivity contribution in [3.8, 4) is 33.4 Å². The van der Waals surface area contributed by atoms with Crippen molar-refractivity contribution in [2.75, 3.05) is 0 Å². The second-order valence-electron chi connectivity index (χ2n) is 16.1. The van der Waals surface area contributed by atoms with Crippen molar-refractivity contribution < 1.29 is 0 Å². The molecule has 0 aliphatic heterocycles. The molecular weight excluding hydrogens is 625 g/mol. The summed E-state index contributed by atoms with van der Waals surface area (Å²) in [5.74, 6) is 0. The van der Waals surface area contributed by atoms with Gasteiger partial charge in [-0.05, 0) is 156 Å². The smallest absolute Gasteiger partial charge is 0.0159 e. The third kappa shape index (κ3) is 4.46. The number of allylic oxidation sites excluding steroid dienone is 8. The van der Waals surface area contributed by atoms with Crippen molar-refractivity contribution in [3.63, 3.8) is 0 Å². The normalized spacial score (nSPS) is 16.3. The molecule has 0 fully saturated rings. The Morgan fingerprint density at radius 1 is 0.538 bits per heavy atom. The summed E-state index contributed by atoms with van der Waals surface area (Å²) in [7, 11) is 0. The summed E-state index contributed by atoms with van der Waals surface area (Å²) >= 11 is 0. The Kier molecular flexibility index (Phi) is 7.19. The summed E-state index contributed by atoms with van der Waals surface area (Å²) in [4.78, 5) is 0. The van der Waals surface area contributed by atoms with Crippen LogP contribution in [0, 0.1) is 0 Å². The second kappa shape index (κ2) is 11.5. The van der Waals surface area contributed by atoms with E-state index in [9.17, 15) is 0 Å². The Balaban J connectivity index is 1.30. The topological polar surface area (TPSA) is 0 Å². The predicted octanol–water partition coefficient (Wildman–Crippen LogP) is 14.8. The van der Waals surface area contributed by atoms with Gasteiger partial charge < -0.3 is 0 Å². The minimum atomic E-state index is -0.0585. The van der Waals surface area contributed by atoms with E-state index in [0.29, 0.717) is 0 Å². The maximum atomic E-state index is 2.48. The zero-order chi connectivity index (χ0) is 36.1. The van der Waals surface area contributed by atoms with Crippen molar-refractivity contribution in [2.45, 2.75) is 66.2 Å². The van der Waals surface area contributed by atoms with Gasteiger partial charge in [-0.25, -0.2) is 0 Å². The third-order valence-corrected chi connectivity index (χ3v) is 12.5. The Hall–Kier alpha value is -5.46. The van der Waals surface area contributed by atoms with Gasteiger partial charge in [-0.3, -0.25) is 0 Å². The highest BCUT2D eigenvalue weighted by Gasteiger charge is 2.36. The summed E-state index contributed by atoms with van der Waals surface area (Å²) in [5.41, 5.74) is 18.7. The zero-order valence-corrected chi connectivity index (χ0v) is 31.7. The fourth-order valence-electron chi connectivity index (χ4n) is 9.73. The van der Waals surface area contributed by atoms with Crippen LogP contribution in [0.2, 0.25) is 0 Å². The third-order valence-electron chi connectivity index (χ3n) is 12.5. The SMILES string of the molecule is C/C=C\C=C(/C)c1cc(-c2ccc3c(c2)C(C)(C)C(/C=C\C)=C3C)c2ccc3ccc(-c4ccc5c(c4)C(C)(C)c4ccccc4-5)c4ccc1c2c34. The van der Waals surface area contributed by atoms with Crippen molar-refractivity contribution in [3.05, 3.63) is 167 Å². The average molecular weight is 671 g/mol. The lowest BCUT2D eigenvalue weighted by atomic mass is 9.79. The quantitative estimate of drug-likeness (QED) is 0.126. The molecule has 0 atom stereocenters. The molecule has 0 spiro atoms. The van der Waals surface area contributed by atoms with Crippen LogP contribution in [0.4, 0.5) is 0 Å². The lowest BCUT2D eigenvalue weighted by Gasteiger charge is -2.24. The van der Waals surface area contributed by atoms with Crippen molar-refractivity contribution in [1.82, 2.24) is 0 Å². The van der Waals surface area contributed by atoms with E-state index >= 15 is 0 Å². The lowest BCUT2D eigenvalue weighted by molar-refractivity contribution is 0.654. The Morgan fingerprint density at radius 2 is 1.15 bits per heavy atom. The molecule has 0 heterocycles. The molecule has 0 amide bonds. The molecule has 2 aliphatic rings. The van der Waals surface area contributed by atoms with Crippen LogP contribution in [0.15, 0.2) is 139 Å². The van der Waals surface area contributed by atoms with E-state index in [0.717, 1.165) is 0 Å². The lowest BCUT2D eigenvalue weighted by Crippen LogP contribution is -2.16. The van der Waals surface area contributed by atoms with Gasteiger partial charge in [0.2, 0.25) is 0 Å². The maximum absolute atomic E-state index is 2.48. The molecule has 0 saturated heterocycles. The molecule has 7 aromatic carbocycles. The molecular formula is C52H46. The van der Waals surface area contributed by atoms with E-state index in [1.807, 2.05) is 0 Å². The standard InChI is InChI=1S/C52H46/c1-9-11-15-31(3)43-30-44(35-20-22-36-32(4)45(14-10-2)51(5,6)47(36)29-35)42-25-19-33-18-23-37(40-26-27-41(43)50(42)49(33)40)34-21-24-39-38-16-12-13-17-46(38)52(7,8)48(39)28-34/h9-30H,1-8H3/b11-9-,14-10-,31-15+. The van der Waals surface area contributed by atoms with E-state index in [1.54, 1.807) is 0 Å². The van der Waals surface area contributed by atoms with Gasteiger partial charge in [0.1, 0.15) is 0 Å². The van der Waals surface area contributed by atoms with Crippen LogP contribution in [0.1, 0.15) is 83.2 Å². The average Bonchev–Trinajstić information content (AvgIpc) is 3.50. The molecule has 2 aliphatic carbocycles. The first-order valence-electron chi connectivity index (χ1n) is 18.8. The van der Waals surface area contributed by atoms with Crippen LogP contribution in [-0.2, 0) is 10.8 Å². The minimum Gasteiger partial charge on any atom is -0.0877 e. The Morgan fingerprint density at radius 3 is 1.92 bits per heavy atom. The summed E-state index contributed by atoms with van der Waals surface area (Å²) in [6, 6.07) is 39.9. The van der Waals surface area contributed by atoms with Crippen molar-refractivity contribution in [1.29, 1.82) is 0 Å². The molecule has 0 nitrogen and oxygen atoms in total. The van der Waals surface area contributed by atoms with E-state index in [2.05, 4.69) is 189 Å². The van der Waals surface area contributed by atoms with Gasteiger partial charge >= 0.3 is 0 Å². The zero-order valence-electron chi connectivity index (χ0n) is 31.7. The molecule has 0 unspecified atom stereocenters. The van der Waals surface area contributed by atoms with Crippen LogP contribution in [0.25, 0.3) is 76.8 Å². The maximum Gasteiger partial charge on any atom is 0.0159 e. The second-order valence-corrected chi connectivity index (χ2v) is 16.1. The van der Waals surface area contributed by atoms with Crippen LogP contribution in [0.5, 0.6) is 0 Å². The molecule has 0 heteroatoms. The van der Waals surface area contributed by atoms with E-state index in [-0.39, 0.29) is 10.8 Å². The molecule has 52 heavy (non-hydrogen) atoms. The minimum absolute atomic E-state index is 0.0433. The molecule has 254 valence electrons. The summed E-state index contributed by atoms with van der Waals surface area (Å²) in [6.45, 7) is 18.2. The highest BCUT2D eigenvalue weighted by Crippen LogP contribution is 2.52. The first-order valence-corrected chi connectivity index (χ1v) is 18.8. The fraction of sp³-hybridized carbons (Fsp3) is 0.192. The van der Waals surface area contributed by atoms with E-state index < -0.39 is 0 Å². The number of rotatable bonds is 5. The number of fused-ring (bicyclic) bond motifs is 4. The fourth-order valence-corrected chi connectivity index (χ4v) is 9.73. The monoisotopic (exact) mass is 670 g/mol. The molecule has 0 bridgehead atoms. The number of benzene rings is 7. The van der Waals surface area contributed by atoms with E-state index in [1.165, 1.54) is 110 Å². The van der Waals surface area contributed by atoms with Crippen molar-refractivity contribution in [2.24, 2.45) is 0 Å². The Labute approximate surface area is 308 Å². The highest BCUT2D eigenvalue weighted by atomic mass is 14.4. The van der Waals surface area contributed by atoms with Gasteiger partial charge in [-0.15, -0.1) is 0 Å². The largest absolute Gasteiger partial charge is 0.0877 e. The molecule has 0 radical (unpaired) electrons. The predicted molar refractivity (Wildman–Crippen MR) is 227 cm³/mol. The molecule has 9 rings (SSSR count). The first-order chi connectivity index (χ1) is 25.1. The summed E-state index contributed by atoms with van der Waals surface area (Å²) in [6.07, 6.45) is 11.0. The van der Waals surface area contributed by atoms with Gasteiger partial charge in [0, 0.05) is 10.8 Å². The van der Waals surface area contributed by atoms with Gasteiger partial charge in [0.05, 0.1) is 0 Å². The molecule has 7 aromatic rings. The van der Waals surface area contributed by atoms with Gasteiger partial charge in [0.25, 0.3) is 0 Å². The van der Waals surface area contributed by atoms with Crippen LogP contribution in [0.3, 0.4) is 0 Å². The van der Waals surface area contributed by atoms with Crippen LogP contribution >= 0.6 is 0 Å². The molecule has 0 aromatic heterocycles. The Bertz CT molecular complexity index is 2750. The summed E-state index contributed by atoms with van der Waals surface area (Å²) < 4.78 is 0. The number of hydrogen-bond acceptors (Lipinski definition) is 0.